The Morgan fingerprint density at radius 2 is 2.00 bits per heavy atom. The minimum Gasteiger partial charge on any atom is -0.497 e. The number of benzene rings is 1. The predicted octanol–water partition coefficient (Wildman–Crippen LogP) is 3.40. The first kappa shape index (κ1) is 21.8. The molecule has 3 aromatic rings. The highest BCUT2D eigenvalue weighted by atomic mass is 32.2. The molecule has 0 fully saturated rings. The fraction of sp³-hybridized carbons (Fsp3) is 0.364. The predicted molar refractivity (Wildman–Crippen MR) is 118 cm³/mol. The van der Waals surface area contributed by atoms with Crippen molar-refractivity contribution in [2.45, 2.75) is 37.9 Å². The number of aryl methyl sites for hydroxylation is 3. The van der Waals surface area contributed by atoms with Gasteiger partial charge in [0.1, 0.15) is 17.6 Å². The Kier molecular flexibility index (Phi) is 7.10. The number of nitrogens with zero attached hydrogens (tertiary/aromatic N) is 4. The van der Waals surface area contributed by atoms with E-state index in [2.05, 4.69) is 20.3 Å². The summed E-state index contributed by atoms with van der Waals surface area (Å²) in [4.78, 5) is 26.3. The molecule has 7 nitrogen and oxygen atoms in total. The molecule has 0 radical (unpaired) electrons. The maximum Gasteiger partial charge on any atom is 0.221 e. The molecule has 30 heavy (non-hydrogen) atoms. The minimum absolute atomic E-state index is 0.0569. The molecule has 158 valence electrons. The Morgan fingerprint density at radius 3 is 2.60 bits per heavy atom. The Balaban J connectivity index is 1.78. The summed E-state index contributed by atoms with van der Waals surface area (Å²) in [6, 6.07) is 7.30. The number of carbonyl (C=O) groups is 1. The number of imidazole rings is 1. The molecule has 0 saturated heterocycles. The van der Waals surface area contributed by atoms with E-state index in [0.29, 0.717) is 12.8 Å². The summed E-state index contributed by atoms with van der Waals surface area (Å²) in [5, 5.41) is 3.89. The van der Waals surface area contributed by atoms with Gasteiger partial charge in [0.25, 0.3) is 0 Å². The van der Waals surface area contributed by atoms with Crippen LogP contribution in [0.4, 0.5) is 0 Å². The van der Waals surface area contributed by atoms with E-state index in [-0.39, 0.29) is 11.9 Å². The van der Waals surface area contributed by atoms with Gasteiger partial charge in [0, 0.05) is 37.3 Å². The van der Waals surface area contributed by atoms with Gasteiger partial charge < -0.3 is 14.6 Å². The van der Waals surface area contributed by atoms with Crippen LogP contribution in [-0.2, 0) is 18.3 Å². The van der Waals surface area contributed by atoms with Gasteiger partial charge in [-0.1, -0.05) is 23.9 Å². The summed E-state index contributed by atoms with van der Waals surface area (Å²) >= 11 is 1.52. The maximum atomic E-state index is 12.9. The van der Waals surface area contributed by atoms with E-state index in [1.807, 2.05) is 62.2 Å². The zero-order chi connectivity index (χ0) is 21.7. The Bertz CT molecular complexity index is 1010. The lowest BCUT2D eigenvalue weighted by Crippen LogP contribution is -2.31. The van der Waals surface area contributed by atoms with Crippen molar-refractivity contribution >= 4 is 17.7 Å². The number of carbonyl (C=O) groups excluding carboxylic acids is 1. The smallest absolute Gasteiger partial charge is 0.221 e. The fourth-order valence-electron chi connectivity index (χ4n) is 3.41. The van der Waals surface area contributed by atoms with E-state index in [1.165, 1.54) is 11.8 Å². The monoisotopic (exact) mass is 425 g/mol. The normalized spacial score (nSPS) is 11.9. The number of hydrogen-bond acceptors (Lipinski definition) is 6. The van der Waals surface area contributed by atoms with Crippen LogP contribution in [0.25, 0.3) is 0 Å². The molecule has 0 spiro atoms. The number of methoxy groups -OCH3 is 1. The van der Waals surface area contributed by atoms with E-state index in [9.17, 15) is 4.79 Å². The Labute approximate surface area is 181 Å². The van der Waals surface area contributed by atoms with Crippen molar-refractivity contribution in [3.63, 3.8) is 0 Å². The molecule has 2 heterocycles. The van der Waals surface area contributed by atoms with Crippen molar-refractivity contribution in [3.8, 4) is 5.75 Å². The molecule has 0 aliphatic heterocycles. The number of amides is 1. The van der Waals surface area contributed by atoms with Gasteiger partial charge in [-0.15, -0.1) is 0 Å². The molecule has 0 aliphatic rings. The zero-order valence-corrected chi connectivity index (χ0v) is 18.8. The number of rotatable bonds is 8. The van der Waals surface area contributed by atoms with E-state index in [4.69, 9.17) is 4.74 Å². The first-order valence-electron chi connectivity index (χ1n) is 9.71. The highest BCUT2D eigenvalue weighted by molar-refractivity contribution is 7.98. The SMILES string of the molecule is COc1cccc(C(NC(=O)CCc2c(C)nc(SC)nc2C)c2nccn2C)c1. The van der Waals surface area contributed by atoms with Crippen LogP contribution in [0.2, 0.25) is 0 Å². The third kappa shape index (κ3) is 4.99. The second kappa shape index (κ2) is 9.75. The van der Waals surface area contributed by atoms with Crippen molar-refractivity contribution in [1.82, 2.24) is 24.8 Å². The number of aromatic nitrogens is 4. The summed E-state index contributed by atoms with van der Waals surface area (Å²) in [5.74, 6) is 1.44. The standard InChI is InChI=1S/C22H27N5O2S/c1-14-18(15(2)25-22(24-14)30-5)9-10-19(28)26-20(21-23-11-12-27(21)3)16-7-6-8-17(13-16)29-4/h6-8,11-13,20H,9-10H2,1-5H3,(H,26,28). The molecule has 1 N–H and O–H groups in total. The fourth-order valence-corrected chi connectivity index (χ4v) is 3.86. The lowest BCUT2D eigenvalue weighted by Gasteiger charge is -2.20. The first-order chi connectivity index (χ1) is 14.4. The lowest BCUT2D eigenvalue weighted by atomic mass is 10.0. The first-order valence-corrected chi connectivity index (χ1v) is 10.9. The van der Waals surface area contributed by atoms with Gasteiger partial charge in [-0.25, -0.2) is 15.0 Å². The second-order valence-corrected chi connectivity index (χ2v) is 7.81. The maximum absolute atomic E-state index is 12.9. The molecule has 0 bridgehead atoms. The Hall–Kier alpha value is -2.87. The van der Waals surface area contributed by atoms with E-state index < -0.39 is 0 Å². The lowest BCUT2D eigenvalue weighted by molar-refractivity contribution is -0.121. The van der Waals surface area contributed by atoms with Crippen molar-refractivity contribution in [2.24, 2.45) is 7.05 Å². The van der Waals surface area contributed by atoms with Gasteiger partial charge in [0.05, 0.1) is 7.11 Å². The molecule has 0 saturated carbocycles. The van der Waals surface area contributed by atoms with Crippen molar-refractivity contribution in [3.05, 3.63) is 65.0 Å². The van der Waals surface area contributed by atoms with E-state index in [1.54, 1.807) is 13.3 Å². The largest absolute Gasteiger partial charge is 0.497 e. The van der Waals surface area contributed by atoms with Crippen LogP contribution in [0.5, 0.6) is 5.75 Å². The third-order valence-electron chi connectivity index (χ3n) is 5.03. The van der Waals surface area contributed by atoms with Gasteiger partial charge in [-0.05, 0) is 49.8 Å². The quantitative estimate of drug-likeness (QED) is 0.440. The van der Waals surface area contributed by atoms with E-state index >= 15 is 0 Å². The van der Waals surface area contributed by atoms with Gasteiger partial charge >= 0.3 is 0 Å². The molecule has 1 unspecified atom stereocenters. The molecule has 1 amide bonds. The van der Waals surface area contributed by atoms with Gasteiger partial charge in [0.2, 0.25) is 5.91 Å². The number of thioether (sulfide) groups is 1. The van der Waals surface area contributed by atoms with Crippen LogP contribution in [-0.4, -0.2) is 38.8 Å². The molecule has 0 aliphatic carbocycles. The molecule has 3 rings (SSSR count). The topological polar surface area (TPSA) is 81.9 Å². The molecule has 1 atom stereocenters. The van der Waals surface area contributed by atoms with Crippen LogP contribution in [0.15, 0.2) is 41.8 Å². The van der Waals surface area contributed by atoms with Gasteiger partial charge in [0.15, 0.2) is 5.16 Å². The number of nitrogens with one attached hydrogen (secondary N) is 1. The average molecular weight is 426 g/mol. The third-order valence-corrected chi connectivity index (χ3v) is 5.58. The van der Waals surface area contributed by atoms with Crippen molar-refractivity contribution in [1.29, 1.82) is 0 Å². The van der Waals surface area contributed by atoms with E-state index in [0.717, 1.165) is 39.2 Å². The zero-order valence-electron chi connectivity index (χ0n) is 18.0. The van der Waals surface area contributed by atoms with Crippen molar-refractivity contribution in [2.75, 3.05) is 13.4 Å². The van der Waals surface area contributed by atoms with Crippen LogP contribution >= 0.6 is 11.8 Å². The van der Waals surface area contributed by atoms with Crippen LogP contribution < -0.4 is 10.1 Å². The molecule has 2 aromatic heterocycles. The summed E-state index contributed by atoms with van der Waals surface area (Å²) in [5.41, 5.74) is 3.79. The summed E-state index contributed by atoms with van der Waals surface area (Å²) in [6.07, 6.45) is 6.48. The molecule has 8 heteroatoms. The van der Waals surface area contributed by atoms with Crippen LogP contribution in [0.3, 0.4) is 0 Å². The average Bonchev–Trinajstić information content (AvgIpc) is 3.16. The summed E-state index contributed by atoms with van der Waals surface area (Å²) < 4.78 is 7.26. The summed E-state index contributed by atoms with van der Waals surface area (Å²) in [7, 11) is 3.54. The second-order valence-electron chi connectivity index (χ2n) is 7.03. The molecule has 1 aromatic carbocycles. The van der Waals surface area contributed by atoms with Crippen molar-refractivity contribution < 1.29 is 9.53 Å². The Morgan fingerprint density at radius 1 is 1.27 bits per heavy atom. The molecular formula is C22H27N5O2S. The summed E-state index contributed by atoms with van der Waals surface area (Å²) in [6.45, 7) is 3.93. The van der Waals surface area contributed by atoms with Gasteiger partial charge in [-0.3, -0.25) is 4.79 Å². The number of hydrogen-bond donors (Lipinski definition) is 1. The van der Waals surface area contributed by atoms with Crippen LogP contribution in [0, 0.1) is 13.8 Å². The van der Waals surface area contributed by atoms with Gasteiger partial charge in [-0.2, -0.15) is 0 Å². The minimum atomic E-state index is -0.370. The highest BCUT2D eigenvalue weighted by Crippen LogP contribution is 2.24. The molecular weight excluding hydrogens is 398 g/mol. The highest BCUT2D eigenvalue weighted by Gasteiger charge is 2.21. The number of ether oxygens (including phenoxy) is 1. The van der Waals surface area contributed by atoms with Crippen LogP contribution in [0.1, 0.15) is 40.8 Å².